The van der Waals surface area contributed by atoms with Crippen LogP contribution in [0.5, 0.6) is 0 Å². The minimum absolute atomic E-state index is 0.180. The molecule has 0 saturated heterocycles. The minimum atomic E-state index is -0.196. The van der Waals surface area contributed by atoms with Gasteiger partial charge in [0.1, 0.15) is 5.82 Å². The van der Waals surface area contributed by atoms with Gasteiger partial charge in [-0.15, -0.1) is 0 Å². The molecule has 0 aliphatic carbocycles. The molecule has 0 spiro atoms. The lowest BCUT2D eigenvalue weighted by atomic mass is 9.95. The van der Waals surface area contributed by atoms with Crippen LogP contribution in [0.15, 0.2) is 46.9 Å². The number of benzene rings is 2. The monoisotopic (exact) mass is 321 g/mol. The number of rotatable bonds is 4. The van der Waals surface area contributed by atoms with Crippen molar-refractivity contribution in [1.29, 1.82) is 0 Å². The second-order valence-electron chi connectivity index (χ2n) is 4.64. The van der Waals surface area contributed by atoms with Crippen LogP contribution in [0.25, 0.3) is 0 Å². The smallest absolute Gasteiger partial charge is 0.123 e. The predicted octanol–water partition coefficient (Wildman–Crippen LogP) is 4.40. The molecule has 0 aliphatic heterocycles. The van der Waals surface area contributed by atoms with Crippen LogP contribution in [0.4, 0.5) is 4.39 Å². The van der Waals surface area contributed by atoms with Crippen molar-refractivity contribution >= 4 is 15.9 Å². The fourth-order valence-corrected chi connectivity index (χ4v) is 2.67. The molecule has 0 heterocycles. The van der Waals surface area contributed by atoms with Gasteiger partial charge in [-0.25, -0.2) is 4.39 Å². The van der Waals surface area contributed by atoms with E-state index in [1.54, 1.807) is 12.1 Å². The number of nitrogens with one attached hydrogen (secondary N) is 1. The molecule has 1 atom stereocenters. The van der Waals surface area contributed by atoms with Crippen LogP contribution in [-0.2, 0) is 6.42 Å². The molecule has 0 amide bonds. The maximum absolute atomic E-state index is 13.3. The molecule has 0 aliphatic rings. The van der Waals surface area contributed by atoms with Crippen molar-refractivity contribution < 1.29 is 4.39 Å². The van der Waals surface area contributed by atoms with Gasteiger partial charge in [0.2, 0.25) is 0 Å². The summed E-state index contributed by atoms with van der Waals surface area (Å²) in [5.41, 5.74) is 3.47. The van der Waals surface area contributed by atoms with E-state index in [1.807, 2.05) is 19.2 Å². The highest BCUT2D eigenvalue weighted by Crippen LogP contribution is 2.26. The van der Waals surface area contributed by atoms with Crippen molar-refractivity contribution in [3.63, 3.8) is 0 Å². The molecule has 1 N–H and O–H groups in total. The van der Waals surface area contributed by atoms with Gasteiger partial charge in [-0.1, -0.05) is 40.2 Å². The number of halogens is 2. The van der Waals surface area contributed by atoms with E-state index in [4.69, 9.17) is 0 Å². The molecule has 0 aromatic heterocycles. The summed E-state index contributed by atoms with van der Waals surface area (Å²) in [5, 5.41) is 3.31. The Labute approximate surface area is 122 Å². The molecule has 0 saturated carbocycles. The Morgan fingerprint density at radius 1 is 1.21 bits per heavy atom. The zero-order valence-corrected chi connectivity index (χ0v) is 12.7. The maximum atomic E-state index is 13.3. The first kappa shape index (κ1) is 14.2. The second kappa shape index (κ2) is 6.31. The largest absolute Gasteiger partial charge is 0.313 e. The number of hydrogen-bond acceptors (Lipinski definition) is 1. The quantitative estimate of drug-likeness (QED) is 0.880. The molecule has 0 radical (unpaired) electrons. The fourth-order valence-electron chi connectivity index (χ4n) is 2.26. The molecule has 3 heteroatoms. The van der Waals surface area contributed by atoms with Gasteiger partial charge in [-0.05, 0) is 55.3 Å². The minimum Gasteiger partial charge on any atom is -0.313 e. The Hall–Kier alpha value is -1.19. The third-order valence-electron chi connectivity index (χ3n) is 3.34. The lowest BCUT2D eigenvalue weighted by Gasteiger charge is -2.19. The Morgan fingerprint density at radius 2 is 1.95 bits per heavy atom. The van der Waals surface area contributed by atoms with Gasteiger partial charge in [0.05, 0.1) is 0 Å². The molecule has 2 rings (SSSR count). The van der Waals surface area contributed by atoms with Gasteiger partial charge < -0.3 is 5.32 Å². The molecule has 0 fully saturated rings. The van der Waals surface area contributed by atoms with Crippen LogP contribution in [0, 0.1) is 12.7 Å². The van der Waals surface area contributed by atoms with Gasteiger partial charge in [-0.2, -0.15) is 0 Å². The van der Waals surface area contributed by atoms with E-state index < -0.39 is 0 Å². The second-order valence-corrected chi connectivity index (χ2v) is 5.49. The van der Waals surface area contributed by atoms with E-state index in [9.17, 15) is 4.39 Å². The third kappa shape index (κ3) is 3.43. The van der Waals surface area contributed by atoms with E-state index >= 15 is 0 Å². The normalized spacial score (nSPS) is 12.4. The molecular weight excluding hydrogens is 305 g/mol. The lowest BCUT2D eigenvalue weighted by molar-refractivity contribution is 0.580. The van der Waals surface area contributed by atoms with Crippen molar-refractivity contribution in [1.82, 2.24) is 5.32 Å². The van der Waals surface area contributed by atoms with Gasteiger partial charge in [0, 0.05) is 10.5 Å². The molecule has 2 aromatic carbocycles. The molecule has 19 heavy (non-hydrogen) atoms. The van der Waals surface area contributed by atoms with Crippen LogP contribution in [0.3, 0.4) is 0 Å². The van der Waals surface area contributed by atoms with Crippen molar-refractivity contribution in [2.75, 3.05) is 7.05 Å². The Balaban J connectivity index is 2.29. The Bertz CT molecular complexity index is 568. The summed E-state index contributed by atoms with van der Waals surface area (Å²) >= 11 is 3.48. The number of likely N-dealkylation sites (N-methyl/N-ethyl adjacent to an activating group) is 1. The topological polar surface area (TPSA) is 12.0 Å². The van der Waals surface area contributed by atoms with E-state index in [-0.39, 0.29) is 11.9 Å². The summed E-state index contributed by atoms with van der Waals surface area (Å²) in [4.78, 5) is 0. The summed E-state index contributed by atoms with van der Waals surface area (Å²) in [6, 6.07) is 13.3. The Morgan fingerprint density at radius 3 is 2.63 bits per heavy atom. The molecule has 1 unspecified atom stereocenters. The van der Waals surface area contributed by atoms with Crippen molar-refractivity contribution in [3.8, 4) is 0 Å². The highest BCUT2D eigenvalue weighted by Gasteiger charge is 2.14. The van der Waals surface area contributed by atoms with Crippen molar-refractivity contribution in [3.05, 3.63) is 69.4 Å². The number of hydrogen-bond donors (Lipinski definition) is 1. The van der Waals surface area contributed by atoms with Gasteiger partial charge >= 0.3 is 0 Å². The average Bonchev–Trinajstić information content (AvgIpc) is 2.41. The first-order chi connectivity index (χ1) is 9.11. The van der Waals surface area contributed by atoms with Crippen LogP contribution in [0.2, 0.25) is 0 Å². The summed E-state index contributed by atoms with van der Waals surface area (Å²) in [5.74, 6) is -0.196. The van der Waals surface area contributed by atoms with Crippen LogP contribution >= 0.6 is 15.9 Å². The van der Waals surface area contributed by atoms with E-state index in [1.165, 1.54) is 17.2 Å². The standard InChI is InChI=1S/C16H17BrFN/c1-11-5-3-4-6-14(11)16(19-2)10-12-9-13(18)7-8-15(12)17/h3-9,16,19H,10H2,1-2H3. The van der Waals surface area contributed by atoms with E-state index in [2.05, 4.69) is 40.3 Å². The fraction of sp³-hybridized carbons (Fsp3) is 0.250. The average molecular weight is 322 g/mol. The maximum Gasteiger partial charge on any atom is 0.123 e. The predicted molar refractivity (Wildman–Crippen MR) is 80.8 cm³/mol. The SMILES string of the molecule is CNC(Cc1cc(F)ccc1Br)c1ccccc1C. The third-order valence-corrected chi connectivity index (χ3v) is 4.12. The zero-order chi connectivity index (χ0) is 13.8. The lowest BCUT2D eigenvalue weighted by Crippen LogP contribution is -2.20. The van der Waals surface area contributed by atoms with Gasteiger partial charge in [0.25, 0.3) is 0 Å². The van der Waals surface area contributed by atoms with E-state index in [0.717, 1.165) is 16.5 Å². The molecule has 2 aromatic rings. The van der Waals surface area contributed by atoms with E-state index in [0.29, 0.717) is 0 Å². The Kier molecular flexibility index (Phi) is 4.72. The first-order valence-electron chi connectivity index (χ1n) is 6.28. The van der Waals surface area contributed by atoms with Gasteiger partial charge in [0.15, 0.2) is 0 Å². The molecule has 1 nitrogen and oxygen atoms in total. The summed E-state index contributed by atoms with van der Waals surface area (Å²) in [6.45, 7) is 2.10. The highest BCUT2D eigenvalue weighted by atomic mass is 79.9. The highest BCUT2D eigenvalue weighted by molar-refractivity contribution is 9.10. The van der Waals surface area contributed by atoms with Crippen LogP contribution < -0.4 is 5.32 Å². The summed E-state index contributed by atoms with van der Waals surface area (Å²) < 4.78 is 14.3. The van der Waals surface area contributed by atoms with Crippen LogP contribution in [0.1, 0.15) is 22.7 Å². The molecule has 100 valence electrons. The van der Waals surface area contributed by atoms with Crippen molar-refractivity contribution in [2.45, 2.75) is 19.4 Å². The summed E-state index contributed by atoms with van der Waals surface area (Å²) in [6.07, 6.45) is 0.750. The molecule has 0 bridgehead atoms. The zero-order valence-electron chi connectivity index (χ0n) is 11.1. The van der Waals surface area contributed by atoms with Crippen LogP contribution in [-0.4, -0.2) is 7.05 Å². The first-order valence-corrected chi connectivity index (χ1v) is 7.08. The number of aryl methyl sites for hydroxylation is 1. The summed E-state index contributed by atoms with van der Waals surface area (Å²) in [7, 11) is 1.93. The van der Waals surface area contributed by atoms with Gasteiger partial charge in [-0.3, -0.25) is 0 Å². The van der Waals surface area contributed by atoms with Crippen molar-refractivity contribution in [2.24, 2.45) is 0 Å². The molecular formula is C16H17BrFN.